The fourth-order valence-corrected chi connectivity index (χ4v) is 5.19. The SMILES string of the molecule is O=C(Nc1ccc(N2CCN(C(=O)c3cccs3)CC2)c(Cl)c1)c1ccc(-c2ccccc2)cc1. The van der Waals surface area contributed by atoms with Crippen LogP contribution in [-0.2, 0) is 0 Å². The van der Waals surface area contributed by atoms with E-state index in [0.29, 0.717) is 42.5 Å². The van der Waals surface area contributed by atoms with Crippen LogP contribution in [0, 0.1) is 0 Å². The quantitative estimate of drug-likeness (QED) is 0.350. The van der Waals surface area contributed by atoms with Gasteiger partial charge in [0.25, 0.3) is 11.8 Å². The summed E-state index contributed by atoms with van der Waals surface area (Å²) in [5, 5.41) is 5.42. The number of nitrogens with one attached hydrogen (secondary N) is 1. The van der Waals surface area contributed by atoms with Gasteiger partial charge in [0.2, 0.25) is 0 Å². The highest BCUT2D eigenvalue weighted by atomic mass is 35.5. The van der Waals surface area contributed by atoms with Crippen molar-refractivity contribution in [2.45, 2.75) is 0 Å². The van der Waals surface area contributed by atoms with Crippen LogP contribution in [0.2, 0.25) is 5.02 Å². The molecule has 0 atom stereocenters. The Balaban J connectivity index is 1.20. The fourth-order valence-electron chi connectivity index (χ4n) is 4.20. The zero-order valence-electron chi connectivity index (χ0n) is 19.0. The van der Waals surface area contributed by atoms with Gasteiger partial charge in [0.1, 0.15) is 0 Å². The molecule has 5 nitrogen and oxygen atoms in total. The van der Waals surface area contributed by atoms with Crippen molar-refractivity contribution in [3.05, 3.63) is 106 Å². The number of carbonyl (C=O) groups is 2. The van der Waals surface area contributed by atoms with Crippen molar-refractivity contribution in [1.29, 1.82) is 0 Å². The van der Waals surface area contributed by atoms with E-state index >= 15 is 0 Å². The first-order valence-electron chi connectivity index (χ1n) is 11.4. The Bertz CT molecular complexity index is 1320. The zero-order chi connectivity index (χ0) is 24.2. The molecule has 0 bridgehead atoms. The van der Waals surface area contributed by atoms with Crippen molar-refractivity contribution in [3.63, 3.8) is 0 Å². The molecule has 2 amide bonds. The van der Waals surface area contributed by atoms with E-state index in [2.05, 4.69) is 10.2 Å². The third kappa shape index (κ3) is 5.24. The van der Waals surface area contributed by atoms with Crippen LogP contribution in [0.4, 0.5) is 11.4 Å². The van der Waals surface area contributed by atoms with E-state index in [0.717, 1.165) is 21.7 Å². The van der Waals surface area contributed by atoms with Gasteiger partial charge in [-0.05, 0) is 52.9 Å². The Morgan fingerprint density at radius 1 is 0.800 bits per heavy atom. The highest BCUT2D eigenvalue weighted by molar-refractivity contribution is 7.12. The Morgan fingerprint density at radius 2 is 1.51 bits per heavy atom. The topological polar surface area (TPSA) is 52.7 Å². The third-order valence-electron chi connectivity index (χ3n) is 6.10. The lowest BCUT2D eigenvalue weighted by molar-refractivity contribution is 0.0751. The van der Waals surface area contributed by atoms with Crippen molar-refractivity contribution in [3.8, 4) is 11.1 Å². The molecule has 0 unspecified atom stereocenters. The summed E-state index contributed by atoms with van der Waals surface area (Å²) in [6.07, 6.45) is 0. The Labute approximate surface area is 213 Å². The minimum absolute atomic E-state index is 0.0839. The summed E-state index contributed by atoms with van der Waals surface area (Å²) >= 11 is 8.06. The summed E-state index contributed by atoms with van der Waals surface area (Å²) in [5.41, 5.74) is 4.30. The van der Waals surface area contributed by atoms with Gasteiger partial charge >= 0.3 is 0 Å². The number of hydrogen-bond acceptors (Lipinski definition) is 4. The molecule has 3 aromatic carbocycles. The zero-order valence-corrected chi connectivity index (χ0v) is 20.6. The minimum atomic E-state index is -0.186. The van der Waals surface area contributed by atoms with E-state index in [9.17, 15) is 9.59 Å². The maximum atomic E-state index is 12.8. The Hall–Kier alpha value is -3.61. The molecule has 5 rings (SSSR count). The number of amides is 2. The molecular formula is C28H24ClN3O2S. The van der Waals surface area contributed by atoms with E-state index in [1.165, 1.54) is 11.3 Å². The van der Waals surface area contributed by atoms with E-state index in [-0.39, 0.29) is 11.8 Å². The van der Waals surface area contributed by atoms with Gasteiger partial charge in [-0.2, -0.15) is 0 Å². The van der Waals surface area contributed by atoms with Crippen LogP contribution in [0.3, 0.4) is 0 Å². The van der Waals surface area contributed by atoms with Crippen molar-refractivity contribution in [1.82, 2.24) is 4.90 Å². The van der Waals surface area contributed by atoms with Crippen LogP contribution >= 0.6 is 22.9 Å². The van der Waals surface area contributed by atoms with Crippen LogP contribution < -0.4 is 10.2 Å². The predicted octanol–water partition coefficient (Wildman–Crippen LogP) is 6.28. The summed E-state index contributed by atoms with van der Waals surface area (Å²) < 4.78 is 0. The largest absolute Gasteiger partial charge is 0.367 e. The molecule has 0 radical (unpaired) electrons. The Kier molecular flexibility index (Phi) is 6.84. The van der Waals surface area contributed by atoms with Crippen molar-refractivity contribution < 1.29 is 9.59 Å². The average Bonchev–Trinajstić information content (AvgIpc) is 3.44. The van der Waals surface area contributed by atoms with Gasteiger partial charge in [-0.1, -0.05) is 60.1 Å². The fraction of sp³-hybridized carbons (Fsp3) is 0.143. The normalized spacial score (nSPS) is 13.5. The van der Waals surface area contributed by atoms with E-state index in [1.807, 2.05) is 89.1 Å². The maximum Gasteiger partial charge on any atom is 0.264 e. The van der Waals surface area contributed by atoms with Crippen molar-refractivity contribution >= 4 is 46.1 Å². The predicted molar refractivity (Wildman–Crippen MR) is 144 cm³/mol. The van der Waals surface area contributed by atoms with Crippen LogP contribution in [0.5, 0.6) is 0 Å². The van der Waals surface area contributed by atoms with Gasteiger partial charge in [-0.3, -0.25) is 9.59 Å². The molecule has 7 heteroatoms. The minimum Gasteiger partial charge on any atom is -0.367 e. The van der Waals surface area contributed by atoms with Gasteiger partial charge in [-0.25, -0.2) is 0 Å². The lowest BCUT2D eigenvalue weighted by atomic mass is 10.0. The number of hydrogen-bond donors (Lipinski definition) is 1. The second kappa shape index (κ2) is 10.3. The number of anilines is 2. The number of carbonyl (C=O) groups excluding carboxylic acids is 2. The van der Waals surface area contributed by atoms with Crippen LogP contribution in [0.25, 0.3) is 11.1 Å². The highest BCUT2D eigenvalue weighted by Crippen LogP contribution is 2.30. The Morgan fingerprint density at radius 3 is 2.17 bits per heavy atom. The summed E-state index contributed by atoms with van der Waals surface area (Å²) in [6.45, 7) is 2.70. The molecular weight excluding hydrogens is 478 g/mol. The second-order valence-corrected chi connectivity index (χ2v) is 9.68. The lowest BCUT2D eigenvalue weighted by Gasteiger charge is -2.36. The van der Waals surface area contributed by atoms with Gasteiger partial charge in [0.15, 0.2) is 0 Å². The summed E-state index contributed by atoms with van der Waals surface area (Å²) in [5.74, 6) is -0.102. The molecule has 0 aliphatic carbocycles. The van der Waals surface area contributed by atoms with Crippen LogP contribution in [-0.4, -0.2) is 42.9 Å². The molecule has 4 aromatic rings. The highest BCUT2D eigenvalue weighted by Gasteiger charge is 2.24. The molecule has 2 heterocycles. The first kappa shape index (κ1) is 23.1. The molecule has 0 saturated carbocycles. The molecule has 1 N–H and O–H groups in total. The molecule has 1 aliphatic heterocycles. The third-order valence-corrected chi connectivity index (χ3v) is 7.26. The number of piperazine rings is 1. The standard InChI is InChI=1S/C28H24ClN3O2S/c29-24-19-23(30-27(33)22-10-8-21(9-11-22)20-5-2-1-3-6-20)12-13-25(24)31-14-16-32(17-15-31)28(34)26-7-4-18-35-26/h1-13,18-19H,14-17H2,(H,30,33). The monoisotopic (exact) mass is 501 g/mol. The number of benzene rings is 3. The molecule has 176 valence electrons. The number of thiophene rings is 1. The number of rotatable bonds is 5. The summed E-state index contributed by atoms with van der Waals surface area (Å²) in [6, 6.07) is 26.9. The van der Waals surface area contributed by atoms with Crippen LogP contribution in [0.1, 0.15) is 20.0 Å². The van der Waals surface area contributed by atoms with Gasteiger partial charge in [0.05, 0.1) is 15.6 Å². The molecule has 0 spiro atoms. The molecule has 1 saturated heterocycles. The van der Waals surface area contributed by atoms with Crippen LogP contribution in [0.15, 0.2) is 90.3 Å². The average molecular weight is 502 g/mol. The number of nitrogens with zero attached hydrogens (tertiary/aromatic N) is 2. The van der Waals surface area contributed by atoms with E-state index in [4.69, 9.17) is 11.6 Å². The molecule has 1 fully saturated rings. The summed E-state index contributed by atoms with van der Waals surface area (Å²) in [7, 11) is 0. The molecule has 35 heavy (non-hydrogen) atoms. The van der Waals surface area contributed by atoms with Gasteiger partial charge in [-0.15, -0.1) is 11.3 Å². The summed E-state index contributed by atoms with van der Waals surface area (Å²) in [4.78, 5) is 30.2. The van der Waals surface area contributed by atoms with Gasteiger partial charge in [0, 0.05) is 37.4 Å². The van der Waals surface area contributed by atoms with Gasteiger partial charge < -0.3 is 15.1 Å². The smallest absolute Gasteiger partial charge is 0.264 e. The first-order chi connectivity index (χ1) is 17.1. The van der Waals surface area contributed by atoms with Crippen molar-refractivity contribution in [2.24, 2.45) is 0 Å². The van der Waals surface area contributed by atoms with E-state index in [1.54, 1.807) is 6.07 Å². The second-order valence-electron chi connectivity index (χ2n) is 8.32. The molecule has 1 aromatic heterocycles. The molecule has 1 aliphatic rings. The van der Waals surface area contributed by atoms with E-state index < -0.39 is 0 Å². The lowest BCUT2D eigenvalue weighted by Crippen LogP contribution is -2.48. The van der Waals surface area contributed by atoms with Crippen molar-refractivity contribution in [2.75, 3.05) is 36.4 Å². The number of halogens is 1. The first-order valence-corrected chi connectivity index (χ1v) is 12.7. The maximum absolute atomic E-state index is 12.8.